The monoisotopic (exact) mass is 350 g/mol. The second kappa shape index (κ2) is 5.44. The lowest BCUT2D eigenvalue weighted by Crippen LogP contribution is -2.20. The van der Waals surface area contributed by atoms with Crippen molar-refractivity contribution >= 4 is 15.9 Å². The maximum absolute atomic E-state index is 9.93. The number of aromatic nitrogens is 2. The molecule has 1 saturated carbocycles. The number of rotatable bonds is 2. The number of phenolic OH excluding ortho intramolecular Hbond substituents is 1. The van der Waals surface area contributed by atoms with Crippen LogP contribution in [0.2, 0.25) is 0 Å². The van der Waals surface area contributed by atoms with E-state index in [2.05, 4.69) is 39.9 Å². The van der Waals surface area contributed by atoms with Crippen LogP contribution in [0.1, 0.15) is 51.3 Å². The average Bonchev–Trinajstić information content (AvgIpc) is 2.91. The third-order valence-electron chi connectivity index (χ3n) is 4.34. The highest BCUT2D eigenvalue weighted by atomic mass is 79.9. The topological polar surface area (TPSA) is 59.2 Å². The van der Waals surface area contributed by atoms with E-state index >= 15 is 0 Å². The minimum atomic E-state index is 0.151. The van der Waals surface area contributed by atoms with E-state index in [4.69, 9.17) is 4.52 Å². The van der Waals surface area contributed by atoms with Crippen LogP contribution in [0.25, 0.3) is 11.5 Å². The van der Waals surface area contributed by atoms with E-state index in [1.807, 2.05) is 0 Å². The molecule has 0 bridgehead atoms. The third-order valence-corrected chi connectivity index (χ3v) is 4.83. The fourth-order valence-corrected chi connectivity index (χ4v) is 3.21. The highest BCUT2D eigenvalue weighted by Gasteiger charge is 2.30. The summed E-state index contributed by atoms with van der Waals surface area (Å²) in [5, 5.41) is 14.1. The molecule has 1 heterocycles. The molecule has 3 rings (SSSR count). The minimum Gasteiger partial charge on any atom is -0.507 e. The molecule has 1 aromatic carbocycles. The SMILES string of the molecule is CC1(C)CCC(c2noc(-c3cc(Br)ccc3O)n2)CC1. The molecule has 0 saturated heterocycles. The van der Waals surface area contributed by atoms with Crippen molar-refractivity contribution in [3.63, 3.8) is 0 Å². The first-order valence-corrected chi connectivity index (χ1v) is 8.06. The Hall–Kier alpha value is -1.36. The summed E-state index contributed by atoms with van der Waals surface area (Å²) in [4.78, 5) is 4.50. The second-order valence-electron chi connectivity index (χ2n) is 6.56. The van der Waals surface area contributed by atoms with Gasteiger partial charge < -0.3 is 9.63 Å². The Morgan fingerprint density at radius 3 is 2.71 bits per heavy atom. The van der Waals surface area contributed by atoms with E-state index < -0.39 is 0 Å². The number of benzene rings is 1. The van der Waals surface area contributed by atoms with Crippen LogP contribution in [0.5, 0.6) is 5.75 Å². The van der Waals surface area contributed by atoms with Crippen LogP contribution >= 0.6 is 15.9 Å². The maximum atomic E-state index is 9.93. The summed E-state index contributed by atoms with van der Waals surface area (Å²) < 4.78 is 6.22. The van der Waals surface area contributed by atoms with Gasteiger partial charge in [-0.3, -0.25) is 0 Å². The highest BCUT2D eigenvalue weighted by molar-refractivity contribution is 9.10. The Balaban J connectivity index is 1.82. The Morgan fingerprint density at radius 2 is 2.00 bits per heavy atom. The predicted molar refractivity (Wildman–Crippen MR) is 84.1 cm³/mol. The average molecular weight is 351 g/mol. The molecule has 5 heteroatoms. The number of halogens is 1. The molecule has 0 aliphatic heterocycles. The molecule has 1 N–H and O–H groups in total. The largest absolute Gasteiger partial charge is 0.507 e. The van der Waals surface area contributed by atoms with Crippen LogP contribution in [0.15, 0.2) is 27.2 Å². The fraction of sp³-hybridized carbons (Fsp3) is 0.500. The number of nitrogens with zero attached hydrogens (tertiary/aromatic N) is 2. The van der Waals surface area contributed by atoms with Crippen LogP contribution in [-0.2, 0) is 0 Å². The smallest absolute Gasteiger partial charge is 0.261 e. The quantitative estimate of drug-likeness (QED) is 0.837. The minimum absolute atomic E-state index is 0.151. The van der Waals surface area contributed by atoms with E-state index in [-0.39, 0.29) is 5.75 Å². The standard InChI is InChI=1S/C16H19BrN2O2/c1-16(2)7-5-10(6-8-16)14-18-15(21-19-14)12-9-11(17)3-4-13(12)20/h3-4,9-10,20H,5-8H2,1-2H3. The van der Waals surface area contributed by atoms with Crippen LogP contribution in [-0.4, -0.2) is 15.2 Å². The van der Waals surface area contributed by atoms with Crippen molar-refractivity contribution in [2.24, 2.45) is 5.41 Å². The Bertz CT molecular complexity index is 641. The van der Waals surface area contributed by atoms with Crippen molar-refractivity contribution in [1.29, 1.82) is 0 Å². The zero-order valence-corrected chi connectivity index (χ0v) is 13.9. The molecule has 1 aliphatic carbocycles. The predicted octanol–water partition coefficient (Wildman–Crippen LogP) is 4.89. The molecular formula is C16H19BrN2O2. The molecule has 0 amide bonds. The molecule has 0 atom stereocenters. The van der Waals surface area contributed by atoms with Gasteiger partial charge in [-0.05, 0) is 49.3 Å². The molecule has 0 radical (unpaired) electrons. The van der Waals surface area contributed by atoms with Gasteiger partial charge in [0.1, 0.15) is 5.75 Å². The first kappa shape index (κ1) is 14.6. The van der Waals surface area contributed by atoms with Crippen LogP contribution in [0, 0.1) is 5.41 Å². The zero-order chi connectivity index (χ0) is 15.0. The lowest BCUT2D eigenvalue weighted by atomic mass is 9.73. The van der Waals surface area contributed by atoms with E-state index in [1.54, 1.807) is 18.2 Å². The molecule has 2 aromatic rings. The number of aromatic hydroxyl groups is 1. The lowest BCUT2D eigenvalue weighted by Gasteiger charge is -2.32. The molecule has 0 spiro atoms. The van der Waals surface area contributed by atoms with Crippen molar-refractivity contribution in [1.82, 2.24) is 10.1 Å². The number of hydrogen-bond acceptors (Lipinski definition) is 4. The molecule has 112 valence electrons. The Kier molecular flexibility index (Phi) is 3.78. The normalized spacial score (nSPS) is 18.8. The first-order chi connectivity index (χ1) is 9.94. The van der Waals surface area contributed by atoms with Crippen molar-refractivity contribution in [3.05, 3.63) is 28.5 Å². The zero-order valence-electron chi connectivity index (χ0n) is 12.3. The summed E-state index contributed by atoms with van der Waals surface area (Å²) in [6, 6.07) is 5.18. The highest BCUT2D eigenvalue weighted by Crippen LogP contribution is 2.42. The Morgan fingerprint density at radius 1 is 1.29 bits per heavy atom. The van der Waals surface area contributed by atoms with Crippen molar-refractivity contribution < 1.29 is 9.63 Å². The van der Waals surface area contributed by atoms with E-state index in [1.165, 1.54) is 12.8 Å². The third kappa shape index (κ3) is 3.12. The van der Waals surface area contributed by atoms with Crippen LogP contribution < -0.4 is 0 Å². The van der Waals surface area contributed by atoms with Gasteiger partial charge in [0.15, 0.2) is 5.82 Å². The summed E-state index contributed by atoms with van der Waals surface area (Å²) in [7, 11) is 0. The van der Waals surface area contributed by atoms with Crippen LogP contribution in [0.4, 0.5) is 0 Å². The number of hydrogen-bond donors (Lipinski definition) is 1. The van der Waals surface area contributed by atoms with Gasteiger partial charge >= 0.3 is 0 Å². The van der Waals surface area contributed by atoms with E-state index in [0.29, 0.717) is 22.8 Å². The summed E-state index contributed by atoms with van der Waals surface area (Å²) in [6.07, 6.45) is 4.56. The second-order valence-corrected chi connectivity index (χ2v) is 7.47. The first-order valence-electron chi connectivity index (χ1n) is 7.27. The summed E-state index contributed by atoms with van der Waals surface area (Å²) >= 11 is 3.39. The molecule has 4 nitrogen and oxygen atoms in total. The van der Waals surface area contributed by atoms with Gasteiger partial charge in [-0.15, -0.1) is 0 Å². The van der Waals surface area contributed by atoms with Crippen molar-refractivity contribution in [2.75, 3.05) is 0 Å². The molecule has 21 heavy (non-hydrogen) atoms. The van der Waals surface area contributed by atoms with Gasteiger partial charge in [-0.1, -0.05) is 34.9 Å². The summed E-state index contributed by atoms with van der Waals surface area (Å²) in [6.45, 7) is 4.62. The molecular weight excluding hydrogens is 332 g/mol. The van der Waals surface area contributed by atoms with Gasteiger partial charge in [0.25, 0.3) is 5.89 Å². The van der Waals surface area contributed by atoms with Crippen molar-refractivity contribution in [2.45, 2.75) is 45.4 Å². The maximum Gasteiger partial charge on any atom is 0.261 e. The number of phenols is 1. The van der Waals surface area contributed by atoms with E-state index in [9.17, 15) is 5.11 Å². The molecule has 0 unspecified atom stereocenters. The molecule has 1 aromatic heterocycles. The van der Waals surface area contributed by atoms with Gasteiger partial charge in [0.2, 0.25) is 0 Å². The van der Waals surface area contributed by atoms with Crippen LogP contribution in [0.3, 0.4) is 0 Å². The Labute approximate surface area is 132 Å². The van der Waals surface area contributed by atoms with Gasteiger partial charge in [0, 0.05) is 10.4 Å². The molecule has 1 aliphatic rings. The van der Waals surface area contributed by atoms with Gasteiger partial charge in [-0.2, -0.15) is 4.98 Å². The molecule has 1 fully saturated rings. The summed E-state index contributed by atoms with van der Waals surface area (Å²) in [5.41, 5.74) is 0.991. The van der Waals surface area contributed by atoms with E-state index in [0.717, 1.165) is 23.1 Å². The lowest BCUT2D eigenvalue weighted by molar-refractivity contribution is 0.218. The van der Waals surface area contributed by atoms with Crippen molar-refractivity contribution in [3.8, 4) is 17.2 Å². The van der Waals surface area contributed by atoms with Gasteiger partial charge in [0.05, 0.1) is 5.56 Å². The fourth-order valence-electron chi connectivity index (χ4n) is 2.85. The summed E-state index contributed by atoms with van der Waals surface area (Å²) in [5.74, 6) is 1.66. The van der Waals surface area contributed by atoms with Gasteiger partial charge in [-0.25, -0.2) is 0 Å².